The lowest BCUT2D eigenvalue weighted by Crippen LogP contribution is -2.72. The van der Waals surface area contributed by atoms with Gasteiger partial charge in [-0.3, -0.25) is 9.59 Å². The second kappa shape index (κ2) is 4.50. The summed E-state index contributed by atoms with van der Waals surface area (Å²) in [5.74, 6) is 0.0837. The fraction of sp³-hybridized carbons (Fsp3) is 0.867. The Morgan fingerprint density at radius 1 is 1.32 bits per heavy atom. The molecule has 2 aliphatic rings. The van der Waals surface area contributed by atoms with E-state index >= 15 is 0 Å². The highest BCUT2D eigenvalue weighted by molar-refractivity contribution is 5.97. The predicted octanol–water partition coefficient (Wildman–Crippen LogP) is 2.08. The molecule has 1 saturated heterocycles. The van der Waals surface area contributed by atoms with E-state index in [1.165, 1.54) is 0 Å². The molecule has 2 amide bonds. The minimum absolute atomic E-state index is 0.0146. The summed E-state index contributed by atoms with van der Waals surface area (Å²) in [4.78, 5) is 26.9. The molecule has 0 aromatic carbocycles. The van der Waals surface area contributed by atoms with Crippen molar-refractivity contribution in [2.75, 3.05) is 0 Å². The second-order valence-corrected chi connectivity index (χ2v) is 7.12. The summed E-state index contributed by atoms with van der Waals surface area (Å²) in [5.41, 5.74) is -0.318. The first-order valence-corrected chi connectivity index (χ1v) is 7.36. The van der Waals surface area contributed by atoms with Gasteiger partial charge in [0.15, 0.2) is 0 Å². The molecule has 0 radical (unpaired) electrons. The Morgan fingerprint density at radius 2 is 1.89 bits per heavy atom. The summed E-state index contributed by atoms with van der Waals surface area (Å²) in [6, 6.07) is -0.744. The van der Waals surface area contributed by atoms with Gasteiger partial charge in [-0.1, -0.05) is 27.7 Å². The number of piperazine rings is 1. The number of carbonyl (C=O) groups is 2. The minimum Gasteiger partial charge on any atom is -0.342 e. The van der Waals surface area contributed by atoms with E-state index in [1.54, 1.807) is 0 Å². The van der Waals surface area contributed by atoms with Crippen molar-refractivity contribution in [2.24, 2.45) is 5.41 Å². The number of amides is 2. The lowest BCUT2D eigenvalue weighted by Gasteiger charge is -2.56. The number of nitrogens with zero attached hydrogens (tertiary/aromatic N) is 1. The number of hydrogen-bond acceptors (Lipinski definition) is 2. The fourth-order valence-corrected chi connectivity index (χ4v) is 3.35. The van der Waals surface area contributed by atoms with Gasteiger partial charge < -0.3 is 10.2 Å². The van der Waals surface area contributed by atoms with Crippen molar-refractivity contribution in [3.8, 4) is 0 Å². The van der Waals surface area contributed by atoms with Crippen molar-refractivity contribution in [1.29, 1.82) is 0 Å². The molecule has 0 aromatic heterocycles. The fourth-order valence-electron chi connectivity index (χ4n) is 3.35. The zero-order valence-corrected chi connectivity index (χ0v) is 12.7. The summed E-state index contributed by atoms with van der Waals surface area (Å²) in [7, 11) is 0. The van der Waals surface area contributed by atoms with Crippen LogP contribution in [0, 0.1) is 5.41 Å². The third-order valence-electron chi connectivity index (χ3n) is 4.86. The minimum atomic E-state index is -0.403. The molecule has 19 heavy (non-hydrogen) atoms. The smallest absolute Gasteiger partial charge is 0.246 e. The van der Waals surface area contributed by atoms with Crippen LogP contribution in [0.25, 0.3) is 0 Å². The van der Waals surface area contributed by atoms with Crippen LogP contribution in [0.15, 0.2) is 0 Å². The van der Waals surface area contributed by atoms with Gasteiger partial charge in [0.05, 0.1) is 0 Å². The Morgan fingerprint density at radius 3 is 2.26 bits per heavy atom. The summed E-state index contributed by atoms with van der Waals surface area (Å²) < 4.78 is 0. The van der Waals surface area contributed by atoms with Gasteiger partial charge in [0.2, 0.25) is 11.8 Å². The highest BCUT2D eigenvalue weighted by Gasteiger charge is 2.53. The van der Waals surface area contributed by atoms with E-state index < -0.39 is 6.04 Å². The van der Waals surface area contributed by atoms with E-state index in [0.29, 0.717) is 0 Å². The molecule has 4 heteroatoms. The van der Waals surface area contributed by atoms with E-state index in [2.05, 4.69) is 12.2 Å². The molecular formula is C15H26N2O2. The monoisotopic (exact) mass is 266 g/mol. The molecule has 0 bridgehead atoms. The van der Waals surface area contributed by atoms with Crippen LogP contribution in [-0.2, 0) is 9.59 Å². The van der Waals surface area contributed by atoms with Gasteiger partial charge in [0.25, 0.3) is 0 Å². The Balaban J connectivity index is 2.34. The highest BCUT2D eigenvalue weighted by Crippen LogP contribution is 2.43. The maximum absolute atomic E-state index is 12.8. The van der Waals surface area contributed by atoms with Crippen molar-refractivity contribution in [2.45, 2.75) is 77.9 Å². The Bertz CT molecular complexity index is 388. The second-order valence-electron chi connectivity index (χ2n) is 7.12. The van der Waals surface area contributed by atoms with E-state index in [0.717, 1.165) is 25.7 Å². The van der Waals surface area contributed by atoms with E-state index in [4.69, 9.17) is 0 Å². The number of carbonyl (C=O) groups excluding carboxylic acids is 2. The summed E-state index contributed by atoms with van der Waals surface area (Å²) in [6.07, 6.45) is 4.16. The number of rotatable bonds is 2. The molecule has 2 atom stereocenters. The average molecular weight is 266 g/mol. The Kier molecular flexibility index (Phi) is 3.40. The lowest BCUT2D eigenvalue weighted by atomic mass is 9.71. The SMILES string of the molecule is CCC1(N2C(=O)C(C(C)(C)C)NC(=O)C2C)CCC1. The van der Waals surface area contributed by atoms with Crippen LogP contribution >= 0.6 is 0 Å². The third-order valence-corrected chi connectivity index (χ3v) is 4.86. The number of nitrogens with one attached hydrogen (secondary N) is 1. The molecule has 4 nitrogen and oxygen atoms in total. The maximum Gasteiger partial charge on any atom is 0.246 e. The van der Waals surface area contributed by atoms with Crippen molar-refractivity contribution in [1.82, 2.24) is 10.2 Å². The first-order chi connectivity index (χ1) is 8.73. The van der Waals surface area contributed by atoms with Crippen molar-refractivity contribution in [3.63, 3.8) is 0 Å². The Labute approximate surface area is 115 Å². The van der Waals surface area contributed by atoms with E-state index in [-0.39, 0.29) is 28.8 Å². The standard InChI is InChI=1S/C15H26N2O2/c1-6-15(8-7-9-15)17-10(2)12(18)16-11(13(17)19)14(3,4)5/h10-11H,6-9H2,1-5H3,(H,16,18). The van der Waals surface area contributed by atoms with Gasteiger partial charge in [-0.2, -0.15) is 0 Å². The van der Waals surface area contributed by atoms with Crippen LogP contribution in [0.3, 0.4) is 0 Å². The molecule has 1 aliphatic carbocycles. The van der Waals surface area contributed by atoms with Crippen LogP contribution in [-0.4, -0.2) is 34.3 Å². The summed E-state index contributed by atoms with van der Waals surface area (Å²) in [6.45, 7) is 9.98. The van der Waals surface area contributed by atoms with Crippen molar-refractivity contribution >= 4 is 11.8 Å². The summed E-state index contributed by atoms with van der Waals surface area (Å²) in [5, 5.41) is 2.90. The molecule has 1 N–H and O–H groups in total. The van der Waals surface area contributed by atoms with Crippen LogP contribution in [0.2, 0.25) is 0 Å². The molecule has 108 valence electrons. The molecular weight excluding hydrogens is 240 g/mol. The van der Waals surface area contributed by atoms with Gasteiger partial charge in [-0.05, 0) is 38.0 Å². The topological polar surface area (TPSA) is 49.4 Å². The molecule has 2 fully saturated rings. The van der Waals surface area contributed by atoms with E-state index in [1.807, 2.05) is 32.6 Å². The van der Waals surface area contributed by atoms with Gasteiger partial charge >= 0.3 is 0 Å². The molecule has 1 aliphatic heterocycles. The molecule has 2 rings (SSSR count). The van der Waals surface area contributed by atoms with Crippen molar-refractivity contribution in [3.05, 3.63) is 0 Å². The average Bonchev–Trinajstić information content (AvgIpc) is 2.25. The molecule has 0 spiro atoms. The predicted molar refractivity (Wildman–Crippen MR) is 74.6 cm³/mol. The van der Waals surface area contributed by atoms with Crippen LogP contribution < -0.4 is 5.32 Å². The highest BCUT2D eigenvalue weighted by atomic mass is 16.2. The van der Waals surface area contributed by atoms with Gasteiger partial charge in [-0.25, -0.2) is 0 Å². The summed E-state index contributed by atoms with van der Waals surface area (Å²) >= 11 is 0. The van der Waals surface area contributed by atoms with Crippen molar-refractivity contribution < 1.29 is 9.59 Å². The van der Waals surface area contributed by atoms with Crippen LogP contribution in [0.4, 0.5) is 0 Å². The molecule has 2 unspecified atom stereocenters. The zero-order chi connectivity index (χ0) is 14.4. The number of hydrogen-bond donors (Lipinski definition) is 1. The largest absolute Gasteiger partial charge is 0.342 e. The Hall–Kier alpha value is -1.06. The van der Waals surface area contributed by atoms with Crippen LogP contribution in [0.5, 0.6) is 0 Å². The van der Waals surface area contributed by atoms with Gasteiger partial charge in [0, 0.05) is 5.54 Å². The third kappa shape index (κ3) is 2.15. The van der Waals surface area contributed by atoms with E-state index in [9.17, 15) is 9.59 Å². The molecule has 1 heterocycles. The van der Waals surface area contributed by atoms with Gasteiger partial charge in [-0.15, -0.1) is 0 Å². The normalized spacial score (nSPS) is 30.9. The first-order valence-electron chi connectivity index (χ1n) is 7.36. The van der Waals surface area contributed by atoms with Crippen LogP contribution in [0.1, 0.15) is 60.3 Å². The quantitative estimate of drug-likeness (QED) is 0.832. The maximum atomic E-state index is 12.8. The lowest BCUT2D eigenvalue weighted by molar-refractivity contribution is -0.164. The zero-order valence-electron chi connectivity index (χ0n) is 12.7. The first kappa shape index (κ1) is 14.4. The molecule has 1 saturated carbocycles. The molecule has 0 aromatic rings. The van der Waals surface area contributed by atoms with Gasteiger partial charge in [0.1, 0.15) is 12.1 Å².